The van der Waals surface area contributed by atoms with Gasteiger partial charge in [0.25, 0.3) is 0 Å². The Balaban J connectivity index is 1.59. The van der Waals surface area contributed by atoms with E-state index >= 15 is 0 Å². The summed E-state index contributed by atoms with van der Waals surface area (Å²) in [5.74, 6) is 1.47. The number of ether oxygens (including phenoxy) is 2. The van der Waals surface area contributed by atoms with E-state index in [1.54, 1.807) is 11.9 Å². The predicted octanol–water partition coefficient (Wildman–Crippen LogP) is 4.08. The Morgan fingerprint density at radius 3 is 2.67 bits per heavy atom. The summed E-state index contributed by atoms with van der Waals surface area (Å²) in [4.78, 5) is 14.0. The van der Waals surface area contributed by atoms with Gasteiger partial charge in [0.15, 0.2) is 11.5 Å². The number of halogens is 1. The number of nitrogens with zero attached hydrogens (tertiary/aromatic N) is 1. The number of hydrogen-bond donors (Lipinski definition) is 1. The summed E-state index contributed by atoms with van der Waals surface area (Å²) in [6.45, 7) is 2.71. The first-order valence-corrected chi connectivity index (χ1v) is 8.48. The third-order valence-electron chi connectivity index (χ3n) is 3.91. The monoisotopic (exact) mass is 390 g/mol. The zero-order valence-electron chi connectivity index (χ0n) is 13.6. The lowest BCUT2D eigenvalue weighted by atomic mass is 10.1. The maximum Gasteiger partial charge on any atom is 0.317 e. The second kappa shape index (κ2) is 7.13. The van der Waals surface area contributed by atoms with Gasteiger partial charge in [-0.25, -0.2) is 4.79 Å². The zero-order chi connectivity index (χ0) is 17.1. The molecule has 1 atom stereocenters. The van der Waals surface area contributed by atoms with E-state index in [0.29, 0.717) is 6.54 Å². The molecule has 2 aromatic rings. The van der Waals surface area contributed by atoms with Crippen LogP contribution in [0.25, 0.3) is 0 Å². The van der Waals surface area contributed by atoms with Crippen LogP contribution in [-0.2, 0) is 6.54 Å². The summed E-state index contributed by atoms with van der Waals surface area (Å²) >= 11 is 3.41. The van der Waals surface area contributed by atoms with Crippen LogP contribution in [0.2, 0.25) is 0 Å². The van der Waals surface area contributed by atoms with Crippen LogP contribution in [0, 0.1) is 0 Å². The topological polar surface area (TPSA) is 50.8 Å². The molecule has 1 aliphatic heterocycles. The molecule has 1 N–H and O–H groups in total. The number of fused-ring (bicyclic) bond motifs is 1. The molecule has 0 spiro atoms. The van der Waals surface area contributed by atoms with Crippen molar-refractivity contribution in [1.29, 1.82) is 0 Å². The Morgan fingerprint density at radius 1 is 1.21 bits per heavy atom. The molecule has 2 amide bonds. The summed E-state index contributed by atoms with van der Waals surface area (Å²) in [6, 6.07) is 13.4. The first-order valence-electron chi connectivity index (χ1n) is 7.68. The van der Waals surface area contributed by atoms with Gasteiger partial charge in [0, 0.05) is 18.1 Å². The summed E-state index contributed by atoms with van der Waals surface area (Å²) < 4.78 is 11.7. The minimum Gasteiger partial charge on any atom is -0.454 e. The number of amides is 2. The van der Waals surface area contributed by atoms with Crippen LogP contribution in [0.3, 0.4) is 0 Å². The van der Waals surface area contributed by atoms with Gasteiger partial charge in [-0.3, -0.25) is 0 Å². The van der Waals surface area contributed by atoms with E-state index in [2.05, 4.69) is 21.2 Å². The summed E-state index contributed by atoms with van der Waals surface area (Å²) in [6.07, 6.45) is 0. The summed E-state index contributed by atoms with van der Waals surface area (Å²) in [7, 11) is 1.77. The van der Waals surface area contributed by atoms with Gasteiger partial charge in [0.2, 0.25) is 6.79 Å². The van der Waals surface area contributed by atoms with Gasteiger partial charge in [0.1, 0.15) is 0 Å². The van der Waals surface area contributed by atoms with Crippen LogP contribution in [0.15, 0.2) is 46.9 Å². The van der Waals surface area contributed by atoms with Gasteiger partial charge in [-0.2, -0.15) is 0 Å². The number of carbonyl (C=O) groups is 1. The molecule has 5 nitrogen and oxygen atoms in total. The normalized spacial score (nSPS) is 13.5. The van der Waals surface area contributed by atoms with Crippen molar-refractivity contribution in [2.75, 3.05) is 13.8 Å². The number of urea groups is 1. The van der Waals surface area contributed by atoms with Crippen LogP contribution >= 0.6 is 15.9 Å². The highest BCUT2D eigenvalue weighted by atomic mass is 79.9. The molecule has 0 aliphatic carbocycles. The smallest absolute Gasteiger partial charge is 0.317 e. The lowest BCUT2D eigenvalue weighted by molar-refractivity contribution is 0.174. The van der Waals surface area contributed by atoms with Crippen molar-refractivity contribution in [2.24, 2.45) is 0 Å². The van der Waals surface area contributed by atoms with Gasteiger partial charge in [-0.15, -0.1) is 0 Å². The molecule has 24 heavy (non-hydrogen) atoms. The fourth-order valence-electron chi connectivity index (χ4n) is 2.52. The van der Waals surface area contributed by atoms with Crippen LogP contribution in [0.1, 0.15) is 24.1 Å². The summed E-state index contributed by atoms with van der Waals surface area (Å²) in [5.41, 5.74) is 2.05. The third-order valence-corrected chi connectivity index (χ3v) is 4.44. The van der Waals surface area contributed by atoms with Crippen molar-refractivity contribution in [3.63, 3.8) is 0 Å². The molecular weight excluding hydrogens is 372 g/mol. The highest BCUT2D eigenvalue weighted by molar-refractivity contribution is 9.10. The van der Waals surface area contributed by atoms with Crippen molar-refractivity contribution in [3.8, 4) is 11.5 Å². The molecule has 3 rings (SSSR count). The van der Waals surface area contributed by atoms with E-state index in [1.807, 2.05) is 49.4 Å². The second-order valence-electron chi connectivity index (χ2n) is 5.77. The van der Waals surface area contributed by atoms with Crippen LogP contribution in [-0.4, -0.2) is 24.8 Å². The average Bonchev–Trinajstić information content (AvgIpc) is 3.03. The van der Waals surface area contributed by atoms with Crippen LogP contribution in [0.4, 0.5) is 4.79 Å². The Kier molecular flexibility index (Phi) is 4.94. The predicted molar refractivity (Wildman–Crippen MR) is 95.1 cm³/mol. The van der Waals surface area contributed by atoms with Crippen molar-refractivity contribution in [1.82, 2.24) is 10.2 Å². The lowest BCUT2D eigenvalue weighted by Crippen LogP contribution is -2.38. The van der Waals surface area contributed by atoms with Crippen molar-refractivity contribution >= 4 is 22.0 Å². The fourth-order valence-corrected chi connectivity index (χ4v) is 2.78. The standard InChI is InChI=1S/C18H19BrN2O3/c1-12(14-4-6-15(19)7-5-14)20-18(22)21(2)10-13-3-8-16-17(9-13)24-11-23-16/h3-9,12H,10-11H2,1-2H3,(H,20,22). The number of benzene rings is 2. The number of carbonyl (C=O) groups excluding carboxylic acids is 1. The largest absolute Gasteiger partial charge is 0.454 e. The number of hydrogen-bond acceptors (Lipinski definition) is 3. The minimum atomic E-state index is -0.122. The Hall–Kier alpha value is -2.21. The van der Waals surface area contributed by atoms with E-state index in [-0.39, 0.29) is 18.9 Å². The molecule has 2 aromatic carbocycles. The Bertz CT molecular complexity index is 734. The fraction of sp³-hybridized carbons (Fsp3) is 0.278. The number of nitrogens with one attached hydrogen (secondary N) is 1. The molecule has 0 radical (unpaired) electrons. The average molecular weight is 391 g/mol. The third kappa shape index (κ3) is 3.82. The maximum absolute atomic E-state index is 12.4. The van der Waals surface area contributed by atoms with E-state index in [4.69, 9.17) is 9.47 Å². The van der Waals surface area contributed by atoms with Crippen LogP contribution < -0.4 is 14.8 Å². The van der Waals surface area contributed by atoms with Gasteiger partial charge in [-0.1, -0.05) is 34.1 Å². The molecular formula is C18H19BrN2O3. The van der Waals surface area contributed by atoms with E-state index in [9.17, 15) is 4.79 Å². The van der Waals surface area contributed by atoms with E-state index in [1.165, 1.54) is 0 Å². The molecule has 1 heterocycles. The van der Waals surface area contributed by atoms with Crippen molar-refractivity contribution < 1.29 is 14.3 Å². The van der Waals surface area contributed by atoms with Gasteiger partial charge < -0.3 is 19.7 Å². The molecule has 1 aliphatic rings. The molecule has 126 valence electrons. The van der Waals surface area contributed by atoms with Crippen molar-refractivity contribution in [2.45, 2.75) is 19.5 Å². The summed E-state index contributed by atoms with van der Waals surface area (Å²) in [5, 5.41) is 3.00. The molecule has 0 saturated carbocycles. The number of rotatable bonds is 4. The Morgan fingerprint density at radius 2 is 1.92 bits per heavy atom. The quantitative estimate of drug-likeness (QED) is 0.855. The first kappa shape index (κ1) is 16.6. The minimum absolute atomic E-state index is 0.0650. The maximum atomic E-state index is 12.4. The van der Waals surface area contributed by atoms with E-state index in [0.717, 1.165) is 27.1 Å². The molecule has 6 heteroatoms. The highest BCUT2D eigenvalue weighted by Gasteiger charge is 2.16. The molecule has 0 fully saturated rings. The van der Waals surface area contributed by atoms with Gasteiger partial charge in [0.05, 0.1) is 6.04 Å². The van der Waals surface area contributed by atoms with Crippen molar-refractivity contribution in [3.05, 3.63) is 58.1 Å². The zero-order valence-corrected chi connectivity index (χ0v) is 15.2. The molecule has 0 saturated heterocycles. The van der Waals surface area contributed by atoms with E-state index < -0.39 is 0 Å². The molecule has 0 aromatic heterocycles. The SMILES string of the molecule is CC(NC(=O)N(C)Cc1ccc2c(c1)OCO2)c1ccc(Br)cc1. The van der Waals surface area contributed by atoms with Gasteiger partial charge >= 0.3 is 6.03 Å². The highest BCUT2D eigenvalue weighted by Crippen LogP contribution is 2.32. The lowest BCUT2D eigenvalue weighted by Gasteiger charge is -2.22. The second-order valence-corrected chi connectivity index (χ2v) is 6.68. The van der Waals surface area contributed by atoms with Crippen LogP contribution in [0.5, 0.6) is 11.5 Å². The molecule has 1 unspecified atom stereocenters. The Labute approximate surface area is 149 Å². The van der Waals surface area contributed by atoms with Gasteiger partial charge in [-0.05, 0) is 42.3 Å². The molecule has 0 bridgehead atoms. The first-order chi connectivity index (χ1) is 11.5.